The van der Waals surface area contributed by atoms with Crippen LogP contribution in [0.4, 0.5) is 4.39 Å². The van der Waals surface area contributed by atoms with E-state index in [4.69, 9.17) is 0 Å². The highest BCUT2D eigenvalue weighted by Crippen LogP contribution is 2.31. The minimum atomic E-state index is -3.58. The summed E-state index contributed by atoms with van der Waals surface area (Å²) in [5, 5.41) is 4.17. The molecular formula is C15H16FNO2S2. The second-order valence-corrected chi connectivity index (χ2v) is 7.91. The predicted octanol–water partition coefficient (Wildman–Crippen LogP) is 3.46. The number of hydrogen-bond acceptors (Lipinski definition) is 3. The highest BCUT2D eigenvalue weighted by Gasteiger charge is 2.30. The number of sulfonamides is 1. The summed E-state index contributed by atoms with van der Waals surface area (Å²) < 4.78 is 39.7. The van der Waals surface area contributed by atoms with Crippen LogP contribution < -0.4 is 0 Å². The van der Waals surface area contributed by atoms with Crippen molar-refractivity contribution in [2.45, 2.75) is 23.7 Å². The molecule has 2 aromatic rings. The van der Waals surface area contributed by atoms with Crippen LogP contribution in [0.2, 0.25) is 0 Å². The summed E-state index contributed by atoms with van der Waals surface area (Å²) in [5.41, 5.74) is 1.29. The Balaban J connectivity index is 1.74. The van der Waals surface area contributed by atoms with E-state index in [1.807, 2.05) is 5.38 Å². The Morgan fingerprint density at radius 1 is 1.19 bits per heavy atom. The van der Waals surface area contributed by atoms with E-state index in [0.29, 0.717) is 19.0 Å². The zero-order valence-corrected chi connectivity index (χ0v) is 13.0. The average Bonchev–Trinajstić information content (AvgIpc) is 3.02. The SMILES string of the molecule is O=S(=O)(c1cccc(F)c1)N1CCC(c2ccsc2)CC1. The van der Waals surface area contributed by atoms with Crippen LogP contribution >= 0.6 is 11.3 Å². The van der Waals surface area contributed by atoms with Gasteiger partial charge in [-0.15, -0.1) is 0 Å². The van der Waals surface area contributed by atoms with Gasteiger partial charge >= 0.3 is 0 Å². The van der Waals surface area contributed by atoms with Crippen molar-refractivity contribution in [2.24, 2.45) is 0 Å². The molecule has 0 aliphatic carbocycles. The molecule has 1 fully saturated rings. The molecule has 21 heavy (non-hydrogen) atoms. The van der Waals surface area contributed by atoms with E-state index in [1.165, 1.54) is 28.1 Å². The van der Waals surface area contributed by atoms with Crippen molar-refractivity contribution in [3.05, 3.63) is 52.5 Å². The summed E-state index contributed by atoms with van der Waals surface area (Å²) in [7, 11) is -3.58. The van der Waals surface area contributed by atoms with Gasteiger partial charge in [0.1, 0.15) is 5.82 Å². The molecule has 0 N–H and O–H groups in total. The van der Waals surface area contributed by atoms with Crippen molar-refractivity contribution in [1.82, 2.24) is 4.31 Å². The molecule has 0 bridgehead atoms. The summed E-state index contributed by atoms with van der Waals surface area (Å²) in [4.78, 5) is 0.0384. The number of halogens is 1. The molecule has 0 spiro atoms. The van der Waals surface area contributed by atoms with Crippen LogP contribution in [-0.4, -0.2) is 25.8 Å². The zero-order valence-electron chi connectivity index (χ0n) is 11.4. The molecular weight excluding hydrogens is 309 g/mol. The van der Waals surface area contributed by atoms with Crippen LogP contribution in [0.5, 0.6) is 0 Å². The second-order valence-electron chi connectivity index (χ2n) is 5.19. The van der Waals surface area contributed by atoms with E-state index in [0.717, 1.165) is 18.9 Å². The second kappa shape index (κ2) is 5.87. The first kappa shape index (κ1) is 14.7. The van der Waals surface area contributed by atoms with E-state index in [1.54, 1.807) is 11.3 Å². The van der Waals surface area contributed by atoms with Crippen LogP contribution in [0, 0.1) is 5.82 Å². The summed E-state index contributed by atoms with van der Waals surface area (Å²) >= 11 is 1.66. The normalized spacial score (nSPS) is 18.0. The fourth-order valence-electron chi connectivity index (χ4n) is 2.71. The van der Waals surface area contributed by atoms with Gasteiger partial charge in [0.15, 0.2) is 0 Å². The van der Waals surface area contributed by atoms with Crippen LogP contribution in [0.15, 0.2) is 46.0 Å². The lowest BCUT2D eigenvalue weighted by molar-refractivity contribution is 0.319. The maximum Gasteiger partial charge on any atom is 0.243 e. The first-order valence-electron chi connectivity index (χ1n) is 6.85. The maximum absolute atomic E-state index is 13.2. The van der Waals surface area contributed by atoms with Crippen LogP contribution in [0.25, 0.3) is 0 Å². The Kier molecular flexibility index (Phi) is 4.10. The summed E-state index contributed by atoms with van der Waals surface area (Å²) in [6, 6.07) is 7.32. The van der Waals surface area contributed by atoms with Crippen LogP contribution in [0.1, 0.15) is 24.3 Å². The number of piperidine rings is 1. The smallest absolute Gasteiger partial charge is 0.207 e. The average molecular weight is 325 g/mol. The molecule has 1 aromatic carbocycles. The Morgan fingerprint density at radius 2 is 1.95 bits per heavy atom. The third-order valence-corrected chi connectivity index (χ3v) is 6.50. The van der Waals surface area contributed by atoms with Gasteiger partial charge in [0.2, 0.25) is 10.0 Å². The Hall–Kier alpha value is -1.24. The highest BCUT2D eigenvalue weighted by molar-refractivity contribution is 7.89. The summed E-state index contributed by atoms with van der Waals surface area (Å²) in [5.74, 6) is -0.0977. The topological polar surface area (TPSA) is 37.4 Å². The number of nitrogens with zero attached hydrogens (tertiary/aromatic N) is 1. The van der Waals surface area contributed by atoms with Crippen molar-refractivity contribution in [2.75, 3.05) is 13.1 Å². The van der Waals surface area contributed by atoms with Gasteiger partial charge in [-0.25, -0.2) is 12.8 Å². The number of rotatable bonds is 3. The van der Waals surface area contributed by atoms with Gasteiger partial charge < -0.3 is 0 Å². The molecule has 0 radical (unpaired) electrons. The molecule has 0 unspecified atom stereocenters. The summed E-state index contributed by atoms with van der Waals surface area (Å²) in [6.45, 7) is 0.971. The van der Waals surface area contributed by atoms with Crippen molar-refractivity contribution in [3.63, 3.8) is 0 Å². The van der Waals surface area contributed by atoms with Crippen molar-refractivity contribution in [3.8, 4) is 0 Å². The van der Waals surface area contributed by atoms with E-state index >= 15 is 0 Å². The van der Waals surface area contributed by atoms with Crippen LogP contribution in [-0.2, 0) is 10.0 Å². The molecule has 0 saturated carbocycles. The standard InChI is InChI=1S/C15H16FNO2S2/c16-14-2-1-3-15(10-14)21(18,19)17-7-4-12(5-8-17)13-6-9-20-11-13/h1-3,6,9-12H,4-5,7-8H2. The molecule has 3 nitrogen and oxygen atoms in total. The quantitative estimate of drug-likeness (QED) is 0.867. The fourth-order valence-corrected chi connectivity index (χ4v) is 4.96. The first-order chi connectivity index (χ1) is 10.1. The van der Waals surface area contributed by atoms with Gasteiger partial charge in [-0.1, -0.05) is 6.07 Å². The number of thiophene rings is 1. The monoisotopic (exact) mass is 325 g/mol. The highest BCUT2D eigenvalue weighted by atomic mass is 32.2. The van der Waals surface area contributed by atoms with Gasteiger partial charge in [-0.2, -0.15) is 15.6 Å². The lowest BCUT2D eigenvalue weighted by atomic mass is 9.92. The summed E-state index contributed by atoms with van der Waals surface area (Å²) in [6.07, 6.45) is 1.62. The number of hydrogen-bond donors (Lipinski definition) is 0. The first-order valence-corrected chi connectivity index (χ1v) is 9.23. The van der Waals surface area contributed by atoms with Gasteiger partial charge in [0, 0.05) is 13.1 Å². The van der Waals surface area contributed by atoms with Crippen molar-refractivity contribution >= 4 is 21.4 Å². The Labute approximate surface area is 128 Å². The lowest BCUT2D eigenvalue weighted by Crippen LogP contribution is -2.37. The largest absolute Gasteiger partial charge is 0.243 e. The maximum atomic E-state index is 13.2. The third-order valence-electron chi connectivity index (χ3n) is 3.90. The lowest BCUT2D eigenvalue weighted by Gasteiger charge is -2.31. The molecule has 3 rings (SSSR count). The van der Waals surface area contributed by atoms with Gasteiger partial charge in [0.25, 0.3) is 0 Å². The molecule has 1 aliphatic heterocycles. The predicted molar refractivity (Wildman–Crippen MR) is 81.5 cm³/mol. The van der Waals surface area contributed by atoms with E-state index < -0.39 is 15.8 Å². The minimum absolute atomic E-state index is 0.0384. The van der Waals surface area contributed by atoms with E-state index in [9.17, 15) is 12.8 Å². The molecule has 0 atom stereocenters. The van der Waals surface area contributed by atoms with Gasteiger partial charge in [-0.05, 0) is 59.3 Å². The zero-order chi connectivity index (χ0) is 14.9. The van der Waals surface area contributed by atoms with Gasteiger partial charge in [0.05, 0.1) is 4.90 Å². The molecule has 1 aliphatic rings. The van der Waals surface area contributed by atoms with E-state index in [-0.39, 0.29) is 4.90 Å². The Morgan fingerprint density at radius 3 is 2.57 bits per heavy atom. The third kappa shape index (κ3) is 3.02. The minimum Gasteiger partial charge on any atom is -0.207 e. The molecule has 6 heteroatoms. The molecule has 1 aromatic heterocycles. The Bertz CT molecular complexity index is 705. The van der Waals surface area contributed by atoms with Crippen LogP contribution in [0.3, 0.4) is 0 Å². The number of benzene rings is 1. The molecule has 0 amide bonds. The van der Waals surface area contributed by atoms with Crippen molar-refractivity contribution in [1.29, 1.82) is 0 Å². The van der Waals surface area contributed by atoms with Gasteiger partial charge in [-0.3, -0.25) is 0 Å². The molecule has 112 valence electrons. The fraction of sp³-hybridized carbons (Fsp3) is 0.333. The molecule has 1 saturated heterocycles. The van der Waals surface area contributed by atoms with E-state index in [2.05, 4.69) is 11.4 Å². The molecule has 2 heterocycles. The van der Waals surface area contributed by atoms with Crippen molar-refractivity contribution < 1.29 is 12.8 Å².